The summed E-state index contributed by atoms with van der Waals surface area (Å²) in [4.78, 5) is 0. The molecule has 0 atom stereocenters. The SMILES string of the molecule is COc1c(CN)c(C)nn1-c1ccc(C(F)(F)F)cc1. The van der Waals surface area contributed by atoms with E-state index in [2.05, 4.69) is 5.10 Å². The highest BCUT2D eigenvalue weighted by atomic mass is 19.4. The third-order valence-electron chi connectivity index (χ3n) is 2.97. The minimum atomic E-state index is -4.36. The molecule has 0 unspecified atom stereocenters. The molecule has 0 bridgehead atoms. The van der Waals surface area contributed by atoms with Crippen LogP contribution in [0.15, 0.2) is 24.3 Å². The van der Waals surface area contributed by atoms with Gasteiger partial charge in [-0.2, -0.15) is 18.3 Å². The smallest absolute Gasteiger partial charge is 0.416 e. The lowest BCUT2D eigenvalue weighted by Crippen LogP contribution is -2.06. The van der Waals surface area contributed by atoms with Gasteiger partial charge in [0.25, 0.3) is 0 Å². The predicted octanol–water partition coefficient (Wildman–Crippen LogP) is 2.67. The highest BCUT2D eigenvalue weighted by molar-refractivity contribution is 5.42. The number of ether oxygens (including phenoxy) is 1. The van der Waals surface area contributed by atoms with Crippen LogP contribution in [0.2, 0.25) is 0 Å². The van der Waals surface area contributed by atoms with E-state index in [1.807, 2.05) is 0 Å². The fourth-order valence-electron chi connectivity index (χ4n) is 1.95. The molecule has 0 saturated heterocycles. The van der Waals surface area contributed by atoms with Crippen molar-refractivity contribution in [1.29, 1.82) is 0 Å². The number of alkyl halides is 3. The Kier molecular flexibility index (Phi) is 3.71. The van der Waals surface area contributed by atoms with E-state index in [1.165, 1.54) is 23.9 Å². The minimum absolute atomic E-state index is 0.246. The number of aromatic nitrogens is 2. The summed E-state index contributed by atoms with van der Waals surface area (Å²) in [7, 11) is 1.47. The van der Waals surface area contributed by atoms with E-state index >= 15 is 0 Å². The zero-order valence-electron chi connectivity index (χ0n) is 11.0. The van der Waals surface area contributed by atoms with Crippen molar-refractivity contribution < 1.29 is 17.9 Å². The average Bonchev–Trinajstić information content (AvgIpc) is 2.73. The van der Waals surface area contributed by atoms with E-state index in [9.17, 15) is 13.2 Å². The van der Waals surface area contributed by atoms with Gasteiger partial charge in [-0.15, -0.1) is 0 Å². The summed E-state index contributed by atoms with van der Waals surface area (Å²) in [5.41, 5.74) is 6.81. The molecule has 1 heterocycles. The van der Waals surface area contributed by atoms with Crippen LogP contribution in [0.3, 0.4) is 0 Å². The topological polar surface area (TPSA) is 53.1 Å². The van der Waals surface area contributed by atoms with Crippen molar-refractivity contribution in [3.63, 3.8) is 0 Å². The summed E-state index contributed by atoms with van der Waals surface area (Å²) in [6.07, 6.45) is -4.36. The van der Waals surface area contributed by atoms with Crippen LogP contribution in [0, 0.1) is 6.92 Å². The van der Waals surface area contributed by atoms with Crippen LogP contribution in [0.1, 0.15) is 16.8 Å². The Hall–Kier alpha value is -2.02. The van der Waals surface area contributed by atoms with E-state index in [1.54, 1.807) is 6.92 Å². The van der Waals surface area contributed by atoms with E-state index in [0.717, 1.165) is 17.7 Å². The van der Waals surface area contributed by atoms with Crippen molar-refractivity contribution in [3.05, 3.63) is 41.1 Å². The molecule has 7 heteroatoms. The van der Waals surface area contributed by atoms with Crippen LogP contribution < -0.4 is 10.5 Å². The first-order valence-electron chi connectivity index (χ1n) is 5.88. The van der Waals surface area contributed by atoms with Crippen molar-refractivity contribution in [3.8, 4) is 11.6 Å². The zero-order valence-corrected chi connectivity index (χ0v) is 11.0. The third-order valence-corrected chi connectivity index (χ3v) is 2.97. The van der Waals surface area contributed by atoms with Crippen LogP contribution in [0.25, 0.3) is 5.69 Å². The van der Waals surface area contributed by atoms with Crippen molar-refractivity contribution in [1.82, 2.24) is 9.78 Å². The van der Waals surface area contributed by atoms with Crippen molar-refractivity contribution >= 4 is 0 Å². The lowest BCUT2D eigenvalue weighted by atomic mass is 10.2. The van der Waals surface area contributed by atoms with Gasteiger partial charge >= 0.3 is 6.18 Å². The van der Waals surface area contributed by atoms with Crippen LogP contribution in [-0.2, 0) is 12.7 Å². The summed E-state index contributed by atoms with van der Waals surface area (Å²) in [5.74, 6) is 0.435. The van der Waals surface area contributed by atoms with Gasteiger partial charge in [-0.3, -0.25) is 0 Å². The first-order valence-corrected chi connectivity index (χ1v) is 5.88. The van der Waals surface area contributed by atoms with Crippen LogP contribution in [0.5, 0.6) is 5.88 Å². The largest absolute Gasteiger partial charge is 0.481 e. The van der Waals surface area contributed by atoms with Crippen LogP contribution >= 0.6 is 0 Å². The maximum Gasteiger partial charge on any atom is 0.416 e. The summed E-state index contributed by atoms with van der Waals surface area (Å²) in [6.45, 7) is 2.01. The number of benzene rings is 1. The monoisotopic (exact) mass is 285 g/mol. The van der Waals surface area contributed by atoms with Gasteiger partial charge in [-0.1, -0.05) is 0 Å². The molecule has 0 radical (unpaired) electrons. The molecule has 0 fully saturated rings. The predicted molar refractivity (Wildman–Crippen MR) is 67.7 cm³/mol. The summed E-state index contributed by atoms with van der Waals surface area (Å²) in [6, 6.07) is 4.71. The Labute approximate surface area is 114 Å². The first-order chi connectivity index (χ1) is 9.38. The molecule has 2 N–H and O–H groups in total. The van der Waals surface area contributed by atoms with Crippen molar-refractivity contribution in [2.24, 2.45) is 5.73 Å². The van der Waals surface area contributed by atoms with Gasteiger partial charge in [0.15, 0.2) is 0 Å². The molecular formula is C13H14F3N3O. The molecule has 1 aromatic carbocycles. The fraction of sp³-hybridized carbons (Fsp3) is 0.308. The Morgan fingerprint density at radius 2 is 1.85 bits per heavy atom. The number of methoxy groups -OCH3 is 1. The minimum Gasteiger partial charge on any atom is -0.481 e. The number of rotatable bonds is 3. The van der Waals surface area contributed by atoms with Crippen LogP contribution in [-0.4, -0.2) is 16.9 Å². The summed E-state index contributed by atoms with van der Waals surface area (Å²) < 4.78 is 44.3. The van der Waals surface area contributed by atoms with E-state index in [-0.39, 0.29) is 6.54 Å². The highest BCUT2D eigenvalue weighted by Crippen LogP contribution is 2.31. The molecule has 0 saturated carbocycles. The molecular weight excluding hydrogens is 271 g/mol. The van der Waals surface area contributed by atoms with Gasteiger partial charge in [-0.05, 0) is 31.2 Å². The molecule has 0 aliphatic carbocycles. The molecule has 0 aliphatic rings. The molecule has 108 valence electrons. The first kappa shape index (κ1) is 14.4. The van der Waals surface area contributed by atoms with E-state index < -0.39 is 11.7 Å². The normalized spacial score (nSPS) is 11.7. The molecule has 0 spiro atoms. The maximum atomic E-state index is 12.5. The lowest BCUT2D eigenvalue weighted by molar-refractivity contribution is -0.137. The molecule has 4 nitrogen and oxygen atoms in total. The highest BCUT2D eigenvalue weighted by Gasteiger charge is 2.30. The van der Waals surface area contributed by atoms with E-state index in [4.69, 9.17) is 10.5 Å². The Bertz CT molecular complexity index is 603. The number of hydrogen-bond acceptors (Lipinski definition) is 3. The third kappa shape index (κ3) is 2.49. The fourth-order valence-corrected chi connectivity index (χ4v) is 1.95. The van der Waals surface area contributed by atoms with Gasteiger partial charge in [0.1, 0.15) is 0 Å². The molecule has 0 amide bonds. The molecule has 20 heavy (non-hydrogen) atoms. The van der Waals surface area contributed by atoms with Crippen LogP contribution in [0.4, 0.5) is 13.2 Å². The van der Waals surface area contributed by atoms with Gasteiger partial charge in [0.05, 0.1) is 29.6 Å². The van der Waals surface area contributed by atoms with Crippen molar-refractivity contribution in [2.45, 2.75) is 19.6 Å². The number of nitrogens with zero attached hydrogens (tertiary/aromatic N) is 2. The summed E-state index contributed by atoms with van der Waals surface area (Å²) in [5, 5.41) is 4.24. The summed E-state index contributed by atoms with van der Waals surface area (Å²) >= 11 is 0. The second-order valence-electron chi connectivity index (χ2n) is 4.23. The molecule has 1 aromatic heterocycles. The second kappa shape index (κ2) is 5.16. The zero-order chi connectivity index (χ0) is 14.9. The Morgan fingerprint density at radius 3 is 2.30 bits per heavy atom. The van der Waals surface area contributed by atoms with Gasteiger partial charge < -0.3 is 10.5 Å². The van der Waals surface area contributed by atoms with Gasteiger partial charge in [0, 0.05) is 6.54 Å². The number of halogens is 3. The maximum absolute atomic E-state index is 12.5. The molecule has 2 rings (SSSR count). The Balaban J connectivity index is 2.47. The lowest BCUT2D eigenvalue weighted by Gasteiger charge is -2.10. The van der Waals surface area contributed by atoms with Crippen molar-refractivity contribution in [2.75, 3.05) is 7.11 Å². The Morgan fingerprint density at radius 1 is 1.25 bits per heavy atom. The van der Waals surface area contributed by atoms with Gasteiger partial charge in [-0.25, -0.2) is 4.68 Å². The molecule has 2 aromatic rings. The quantitative estimate of drug-likeness (QED) is 0.943. The number of hydrogen-bond donors (Lipinski definition) is 1. The van der Waals surface area contributed by atoms with Gasteiger partial charge in [0.2, 0.25) is 5.88 Å². The second-order valence-corrected chi connectivity index (χ2v) is 4.23. The number of aryl methyl sites for hydroxylation is 1. The molecule has 0 aliphatic heterocycles. The standard InChI is InChI=1S/C13H14F3N3O/c1-8-11(7-17)12(20-2)19(18-8)10-5-3-9(4-6-10)13(14,15)16/h3-6H,7,17H2,1-2H3. The van der Waals surface area contributed by atoms with E-state index in [0.29, 0.717) is 17.3 Å². The average molecular weight is 285 g/mol. The number of nitrogens with two attached hydrogens (primary N) is 1.